The van der Waals surface area contributed by atoms with Gasteiger partial charge in [0.05, 0.1) is 10.2 Å². The Morgan fingerprint density at radius 2 is 2.46 bits per heavy atom. The molecule has 0 amide bonds. The Bertz CT molecular complexity index is 322. The highest BCUT2D eigenvalue weighted by Crippen LogP contribution is 2.17. The molecule has 1 heterocycles. The third-order valence-electron chi connectivity index (χ3n) is 1.85. The number of aryl methyl sites for hydroxylation is 1. The summed E-state index contributed by atoms with van der Waals surface area (Å²) in [6.45, 7) is 3.57. The van der Waals surface area contributed by atoms with Gasteiger partial charge in [0.15, 0.2) is 0 Å². The van der Waals surface area contributed by atoms with Gasteiger partial charge in [-0.2, -0.15) is 5.10 Å². The minimum absolute atomic E-state index is 0.614. The van der Waals surface area contributed by atoms with Crippen molar-refractivity contribution in [3.63, 3.8) is 0 Å². The van der Waals surface area contributed by atoms with Crippen molar-refractivity contribution in [1.29, 1.82) is 0 Å². The number of carboxylic acids is 1. The summed E-state index contributed by atoms with van der Waals surface area (Å²) in [5.41, 5.74) is 0.883. The van der Waals surface area contributed by atoms with Gasteiger partial charge in [-0.3, -0.25) is 4.68 Å². The van der Waals surface area contributed by atoms with Crippen molar-refractivity contribution in [3.05, 3.63) is 16.4 Å². The van der Waals surface area contributed by atoms with E-state index in [4.69, 9.17) is 5.11 Å². The SMILES string of the molecule is CCc1nn(C(C)C(=O)O)cc1Br. The molecule has 0 saturated heterocycles. The summed E-state index contributed by atoms with van der Waals surface area (Å²) >= 11 is 3.32. The number of rotatable bonds is 3. The maximum atomic E-state index is 10.6. The van der Waals surface area contributed by atoms with Crippen molar-refractivity contribution < 1.29 is 9.90 Å². The van der Waals surface area contributed by atoms with E-state index < -0.39 is 12.0 Å². The molecule has 1 rings (SSSR count). The van der Waals surface area contributed by atoms with Crippen LogP contribution in [-0.4, -0.2) is 20.9 Å². The van der Waals surface area contributed by atoms with Crippen molar-refractivity contribution in [2.45, 2.75) is 26.3 Å². The highest BCUT2D eigenvalue weighted by Gasteiger charge is 2.15. The van der Waals surface area contributed by atoms with Crippen LogP contribution in [0.4, 0.5) is 0 Å². The topological polar surface area (TPSA) is 55.1 Å². The minimum Gasteiger partial charge on any atom is -0.480 e. The molecule has 1 unspecified atom stereocenters. The minimum atomic E-state index is -0.877. The molecule has 13 heavy (non-hydrogen) atoms. The van der Waals surface area contributed by atoms with Crippen LogP contribution in [0.5, 0.6) is 0 Å². The van der Waals surface area contributed by atoms with Crippen molar-refractivity contribution in [2.24, 2.45) is 0 Å². The first-order valence-corrected chi connectivity index (χ1v) is 4.82. The molecule has 0 bridgehead atoms. The van der Waals surface area contributed by atoms with E-state index in [1.165, 1.54) is 4.68 Å². The van der Waals surface area contributed by atoms with Gasteiger partial charge in [-0.15, -0.1) is 0 Å². The van der Waals surface area contributed by atoms with Gasteiger partial charge in [0.2, 0.25) is 0 Å². The third kappa shape index (κ3) is 2.09. The summed E-state index contributed by atoms with van der Waals surface area (Å²) in [6.07, 6.45) is 2.48. The number of aliphatic carboxylic acids is 1. The van der Waals surface area contributed by atoms with Gasteiger partial charge in [0, 0.05) is 6.20 Å². The standard InChI is InChI=1S/C8H11BrN2O2/c1-3-7-6(9)4-11(10-7)5(2)8(12)13/h4-5H,3H2,1-2H3,(H,12,13). The normalized spacial score (nSPS) is 12.8. The second-order valence-corrected chi connectivity index (χ2v) is 3.63. The number of hydrogen-bond acceptors (Lipinski definition) is 2. The fourth-order valence-corrected chi connectivity index (χ4v) is 1.53. The van der Waals surface area contributed by atoms with E-state index in [1.54, 1.807) is 13.1 Å². The lowest BCUT2D eigenvalue weighted by Gasteiger charge is -2.04. The number of halogens is 1. The molecule has 0 aromatic carbocycles. The van der Waals surface area contributed by atoms with Crippen LogP contribution in [0.25, 0.3) is 0 Å². The molecule has 4 nitrogen and oxygen atoms in total. The van der Waals surface area contributed by atoms with Crippen LogP contribution in [0.3, 0.4) is 0 Å². The first-order chi connectivity index (χ1) is 6.06. The summed E-state index contributed by atoms with van der Waals surface area (Å²) in [6, 6.07) is -0.614. The van der Waals surface area contributed by atoms with E-state index in [0.717, 1.165) is 16.6 Å². The van der Waals surface area contributed by atoms with Crippen LogP contribution < -0.4 is 0 Å². The van der Waals surface area contributed by atoms with Crippen LogP contribution in [0.2, 0.25) is 0 Å². The van der Waals surface area contributed by atoms with Gasteiger partial charge in [-0.1, -0.05) is 6.92 Å². The van der Waals surface area contributed by atoms with Gasteiger partial charge in [0.1, 0.15) is 6.04 Å². The zero-order valence-electron chi connectivity index (χ0n) is 7.49. The number of hydrogen-bond donors (Lipinski definition) is 1. The van der Waals surface area contributed by atoms with Gasteiger partial charge in [-0.05, 0) is 29.3 Å². The molecule has 72 valence electrons. The van der Waals surface area contributed by atoms with Crippen LogP contribution >= 0.6 is 15.9 Å². The molecule has 0 fully saturated rings. The van der Waals surface area contributed by atoms with Gasteiger partial charge in [-0.25, -0.2) is 4.79 Å². The third-order valence-corrected chi connectivity index (χ3v) is 2.51. The van der Waals surface area contributed by atoms with Crippen molar-refractivity contribution in [3.8, 4) is 0 Å². The van der Waals surface area contributed by atoms with E-state index >= 15 is 0 Å². The predicted molar refractivity (Wildman–Crippen MR) is 51.7 cm³/mol. The van der Waals surface area contributed by atoms with Crippen LogP contribution in [0.1, 0.15) is 25.6 Å². The molecule has 0 saturated carbocycles. The second kappa shape index (κ2) is 3.91. The number of carboxylic acid groups (broad SMARTS) is 1. The van der Waals surface area contributed by atoms with E-state index in [0.29, 0.717) is 0 Å². The maximum Gasteiger partial charge on any atom is 0.328 e. The van der Waals surface area contributed by atoms with E-state index in [1.807, 2.05) is 6.92 Å². The molecule has 5 heteroatoms. The molecule has 0 radical (unpaired) electrons. The lowest BCUT2D eigenvalue weighted by Crippen LogP contribution is -2.16. The smallest absolute Gasteiger partial charge is 0.328 e. The number of aromatic nitrogens is 2. The first kappa shape index (κ1) is 10.2. The summed E-state index contributed by atoms with van der Waals surface area (Å²) in [5, 5.41) is 12.9. The van der Waals surface area contributed by atoms with Crippen LogP contribution in [-0.2, 0) is 11.2 Å². The number of carbonyl (C=O) groups is 1. The summed E-state index contributed by atoms with van der Waals surface area (Å²) in [7, 11) is 0. The quantitative estimate of drug-likeness (QED) is 0.886. The Morgan fingerprint density at radius 1 is 1.85 bits per heavy atom. The highest BCUT2D eigenvalue weighted by molar-refractivity contribution is 9.10. The Hall–Kier alpha value is -0.840. The molecule has 0 aliphatic rings. The molecular formula is C8H11BrN2O2. The Balaban J connectivity index is 2.96. The highest BCUT2D eigenvalue weighted by atomic mass is 79.9. The monoisotopic (exact) mass is 246 g/mol. The largest absolute Gasteiger partial charge is 0.480 e. The van der Waals surface area contributed by atoms with E-state index in [-0.39, 0.29) is 0 Å². The lowest BCUT2D eigenvalue weighted by molar-refractivity contribution is -0.140. The van der Waals surface area contributed by atoms with Crippen molar-refractivity contribution in [2.75, 3.05) is 0 Å². The Labute approximate surface area is 84.7 Å². The fourth-order valence-electron chi connectivity index (χ4n) is 0.958. The fraction of sp³-hybridized carbons (Fsp3) is 0.500. The summed E-state index contributed by atoms with van der Waals surface area (Å²) in [4.78, 5) is 10.6. The molecule has 1 atom stereocenters. The predicted octanol–water partition coefficient (Wildman–Crippen LogP) is 1.85. The Morgan fingerprint density at radius 3 is 2.85 bits per heavy atom. The molecule has 0 aliphatic carbocycles. The van der Waals surface area contributed by atoms with Crippen molar-refractivity contribution in [1.82, 2.24) is 9.78 Å². The van der Waals surface area contributed by atoms with Crippen molar-refractivity contribution >= 4 is 21.9 Å². The molecule has 0 spiro atoms. The molecule has 0 aliphatic heterocycles. The Kier molecular flexibility index (Phi) is 3.08. The van der Waals surface area contributed by atoms with Crippen LogP contribution in [0, 0.1) is 0 Å². The van der Waals surface area contributed by atoms with E-state index in [2.05, 4.69) is 21.0 Å². The molecule has 1 aromatic heterocycles. The zero-order valence-corrected chi connectivity index (χ0v) is 9.08. The van der Waals surface area contributed by atoms with E-state index in [9.17, 15) is 4.79 Å². The number of nitrogens with zero attached hydrogens (tertiary/aromatic N) is 2. The summed E-state index contributed by atoms with van der Waals surface area (Å²) < 4.78 is 2.31. The first-order valence-electron chi connectivity index (χ1n) is 4.02. The zero-order chi connectivity index (χ0) is 10.0. The summed E-state index contributed by atoms with van der Waals surface area (Å²) in [5.74, 6) is -0.877. The maximum absolute atomic E-state index is 10.6. The van der Waals surface area contributed by atoms with Gasteiger partial charge >= 0.3 is 5.97 Å². The van der Waals surface area contributed by atoms with Gasteiger partial charge < -0.3 is 5.11 Å². The molecule has 1 N–H and O–H groups in total. The average Bonchev–Trinajstić information content (AvgIpc) is 2.45. The van der Waals surface area contributed by atoms with Gasteiger partial charge in [0.25, 0.3) is 0 Å². The van der Waals surface area contributed by atoms with Crippen LogP contribution in [0.15, 0.2) is 10.7 Å². The average molecular weight is 247 g/mol. The lowest BCUT2D eigenvalue weighted by atomic mass is 10.3. The molecular weight excluding hydrogens is 236 g/mol. The second-order valence-electron chi connectivity index (χ2n) is 2.77. The molecule has 1 aromatic rings.